The second-order valence-corrected chi connectivity index (χ2v) is 5.86. The maximum absolute atomic E-state index is 12.9. The minimum atomic E-state index is -0.921. The van der Waals surface area contributed by atoms with Gasteiger partial charge in [-0.3, -0.25) is 4.79 Å². The number of hydrogen-bond acceptors (Lipinski definition) is 4. The lowest BCUT2D eigenvalue weighted by Crippen LogP contribution is -2.37. The van der Waals surface area contributed by atoms with Crippen molar-refractivity contribution in [3.8, 4) is 11.3 Å². The minimum absolute atomic E-state index is 0.0159. The number of furan rings is 1. The standard InChI is InChI=1S/C18H20FNO4/c1-11(2)10-20-17(21)12(3)23-18(22)16-9-8-15(24-16)13-4-6-14(19)7-5-13/h4-9,11-12H,10H2,1-3H3,(H,20,21)/t12-/m0/s1. The summed E-state index contributed by atoms with van der Waals surface area (Å²) in [6, 6.07) is 8.75. The monoisotopic (exact) mass is 333 g/mol. The van der Waals surface area contributed by atoms with Crippen molar-refractivity contribution in [3.05, 3.63) is 48.0 Å². The Kier molecular flexibility index (Phi) is 5.73. The molecule has 0 fully saturated rings. The summed E-state index contributed by atoms with van der Waals surface area (Å²) in [5.74, 6) is -0.735. The fourth-order valence-electron chi connectivity index (χ4n) is 1.94. The highest BCUT2D eigenvalue weighted by molar-refractivity contribution is 5.90. The van der Waals surface area contributed by atoms with Crippen molar-refractivity contribution < 1.29 is 23.1 Å². The highest BCUT2D eigenvalue weighted by Gasteiger charge is 2.21. The molecule has 0 unspecified atom stereocenters. The highest BCUT2D eigenvalue weighted by Crippen LogP contribution is 2.23. The van der Waals surface area contributed by atoms with Crippen molar-refractivity contribution in [1.29, 1.82) is 0 Å². The number of amides is 1. The first kappa shape index (κ1) is 17.7. The van der Waals surface area contributed by atoms with Crippen molar-refractivity contribution >= 4 is 11.9 Å². The van der Waals surface area contributed by atoms with Gasteiger partial charge < -0.3 is 14.5 Å². The van der Waals surface area contributed by atoms with E-state index in [0.717, 1.165) is 0 Å². The van der Waals surface area contributed by atoms with Crippen molar-refractivity contribution in [2.45, 2.75) is 26.9 Å². The number of hydrogen-bond donors (Lipinski definition) is 1. The van der Waals surface area contributed by atoms with E-state index >= 15 is 0 Å². The molecule has 0 spiro atoms. The van der Waals surface area contributed by atoms with Gasteiger partial charge in [-0.15, -0.1) is 0 Å². The maximum atomic E-state index is 12.9. The molecule has 0 saturated carbocycles. The molecule has 6 heteroatoms. The number of esters is 1. The van der Waals surface area contributed by atoms with Crippen LogP contribution >= 0.6 is 0 Å². The maximum Gasteiger partial charge on any atom is 0.375 e. The molecule has 1 aromatic heterocycles. The third-order valence-electron chi connectivity index (χ3n) is 3.27. The zero-order chi connectivity index (χ0) is 17.7. The van der Waals surface area contributed by atoms with Gasteiger partial charge in [0.1, 0.15) is 11.6 Å². The first-order valence-electron chi connectivity index (χ1n) is 7.71. The number of nitrogens with one attached hydrogen (secondary N) is 1. The van der Waals surface area contributed by atoms with Crippen LogP contribution in [0.5, 0.6) is 0 Å². The molecule has 0 saturated heterocycles. The second kappa shape index (κ2) is 7.77. The second-order valence-electron chi connectivity index (χ2n) is 5.86. The van der Waals surface area contributed by atoms with Crippen molar-refractivity contribution in [2.75, 3.05) is 6.54 Å². The molecule has 5 nitrogen and oxygen atoms in total. The number of ether oxygens (including phenoxy) is 1. The van der Waals surface area contributed by atoms with Crippen LogP contribution in [0.2, 0.25) is 0 Å². The largest absolute Gasteiger partial charge is 0.449 e. The molecule has 2 aromatic rings. The van der Waals surface area contributed by atoms with E-state index in [0.29, 0.717) is 23.8 Å². The third-order valence-corrected chi connectivity index (χ3v) is 3.27. The highest BCUT2D eigenvalue weighted by atomic mass is 19.1. The summed E-state index contributed by atoms with van der Waals surface area (Å²) in [6.45, 7) is 5.95. The molecule has 1 amide bonds. The molecule has 1 aromatic carbocycles. The molecule has 0 aliphatic heterocycles. The lowest BCUT2D eigenvalue weighted by atomic mass is 10.2. The zero-order valence-electron chi connectivity index (χ0n) is 13.8. The van der Waals surface area contributed by atoms with Gasteiger partial charge in [0.25, 0.3) is 5.91 Å². The van der Waals surface area contributed by atoms with E-state index < -0.39 is 12.1 Å². The van der Waals surface area contributed by atoms with E-state index in [1.54, 1.807) is 18.2 Å². The van der Waals surface area contributed by atoms with Gasteiger partial charge in [0.05, 0.1) is 0 Å². The van der Waals surface area contributed by atoms with Crippen LogP contribution in [0.3, 0.4) is 0 Å². The Morgan fingerprint density at radius 3 is 2.42 bits per heavy atom. The van der Waals surface area contributed by atoms with E-state index in [2.05, 4.69) is 5.32 Å². The van der Waals surface area contributed by atoms with Crippen molar-refractivity contribution in [1.82, 2.24) is 5.32 Å². The van der Waals surface area contributed by atoms with E-state index in [1.807, 2.05) is 13.8 Å². The summed E-state index contributed by atoms with van der Waals surface area (Å²) in [4.78, 5) is 23.9. The molecule has 128 valence electrons. The first-order valence-corrected chi connectivity index (χ1v) is 7.71. The van der Waals surface area contributed by atoms with E-state index in [4.69, 9.17) is 9.15 Å². The molecule has 0 bridgehead atoms. The normalized spacial score (nSPS) is 12.0. The first-order chi connectivity index (χ1) is 11.4. The van der Waals surface area contributed by atoms with Gasteiger partial charge in [-0.05, 0) is 49.2 Å². The summed E-state index contributed by atoms with van der Waals surface area (Å²) < 4.78 is 23.4. The Hall–Kier alpha value is -2.63. The molecule has 2 rings (SSSR count). The molecular weight excluding hydrogens is 313 g/mol. The van der Waals surface area contributed by atoms with Gasteiger partial charge in [0.15, 0.2) is 6.10 Å². The van der Waals surface area contributed by atoms with Gasteiger partial charge in [-0.25, -0.2) is 9.18 Å². The fourth-order valence-corrected chi connectivity index (χ4v) is 1.94. The van der Waals surface area contributed by atoms with Crippen LogP contribution in [-0.4, -0.2) is 24.5 Å². The third kappa shape index (κ3) is 4.68. The Bertz CT molecular complexity index is 706. The van der Waals surface area contributed by atoms with E-state index in [9.17, 15) is 14.0 Å². The smallest absolute Gasteiger partial charge is 0.375 e. The van der Waals surface area contributed by atoms with Crippen LogP contribution in [0.4, 0.5) is 4.39 Å². The summed E-state index contributed by atoms with van der Waals surface area (Å²) >= 11 is 0. The SMILES string of the molecule is CC(C)CNC(=O)[C@H](C)OC(=O)c1ccc(-c2ccc(F)cc2)o1. The number of benzene rings is 1. The molecule has 1 N–H and O–H groups in total. The van der Waals surface area contributed by atoms with E-state index in [1.165, 1.54) is 25.1 Å². The summed E-state index contributed by atoms with van der Waals surface area (Å²) in [5, 5.41) is 2.69. The van der Waals surface area contributed by atoms with Gasteiger partial charge in [0, 0.05) is 12.1 Å². The number of carbonyl (C=O) groups excluding carboxylic acids is 2. The Labute approximate surface area is 139 Å². The lowest BCUT2D eigenvalue weighted by molar-refractivity contribution is -0.129. The van der Waals surface area contributed by atoms with Gasteiger partial charge in [-0.1, -0.05) is 13.8 Å². The van der Waals surface area contributed by atoms with Gasteiger partial charge >= 0.3 is 5.97 Å². The Morgan fingerprint density at radius 2 is 1.79 bits per heavy atom. The topological polar surface area (TPSA) is 68.5 Å². The van der Waals surface area contributed by atoms with E-state index in [-0.39, 0.29) is 17.5 Å². The molecular formula is C18H20FNO4. The number of carbonyl (C=O) groups is 2. The Morgan fingerprint density at radius 1 is 1.12 bits per heavy atom. The van der Waals surface area contributed by atoms with Crippen LogP contribution in [0.25, 0.3) is 11.3 Å². The molecule has 0 aliphatic carbocycles. The van der Waals surface area contributed by atoms with Gasteiger partial charge in [0.2, 0.25) is 5.76 Å². The summed E-state index contributed by atoms with van der Waals surface area (Å²) in [6.07, 6.45) is -0.921. The van der Waals surface area contributed by atoms with Crippen molar-refractivity contribution in [2.24, 2.45) is 5.92 Å². The Balaban J connectivity index is 1.98. The lowest BCUT2D eigenvalue weighted by Gasteiger charge is -2.13. The van der Waals surface area contributed by atoms with Crippen LogP contribution in [-0.2, 0) is 9.53 Å². The summed E-state index contributed by atoms with van der Waals surface area (Å²) in [5.41, 5.74) is 0.637. The molecule has 1 atom stereocenters. The van der Waals surface area contributed by atoms with Crippen LogP contribution in [0.1, 0.15) is 31.3 Å². The number of halogens is 1. The molecule has 1 heterocycles. The zero-order valence-corrected chi connectivity index (χ0v) is 13.8. The number of rotatable bonds is 6. The predicted octanol–water partition coefficient (Wildman–Crippen LogP) is 3.40. The molecule has 0 aliphatic rings. The minimum Gasteiger partial charge on any atom is -0.449 e. The van der Waals surface area contributed by atoms with Crippen LogP contribution < -0.4 is 5.32 Å². The van der Waals surface area contributed by atoms with Crippen LogP contribution in [0.15, 0.2) is 40.8 Å². The van der Waals surface area contributed by atoms with Crippen LogP contribution in [0, 0.1) is 11.7 Å². The average molecular weight is 333 g/mol. The predicted molar refractivity (Wildman–Crippen MR) is 86.8 cm³/mol. The molecule has 0 radical (unpaired) electrons. The fraction of sp³-hybridized carbons (Fsp3) is 0.333. The van der Waals surface area contributed by atoms with Crippen molar-refractivity contribution in [3.63, 3.8) is 0 Å². The average Bonchev–Trinajstić information content (AvgIpc) is 3.03. The molecule has 24 heavy (non-hydrogen) atoms. The quantitative estimate of drug-likeness (QED) is 0.823. The summed E-state index contributed by atoms with van der Waals surface area (Å²) in [7, 11) is 0. The van der Waals surface area contributed by atoms with Gasteiger partial charge in [-0.2, -0.15) is 0 Å².